The normalized spacial score (nSPS) is 11.4. The number of carbonyl (C=O) groups excluding carboxylic acids is 1. The first-order valence-corrected chi connectivity index (χ1v) is 9.89. The van der Waals surface area contributed by atoms with Crippen LogP contribution in [0.25, 0.3) is 11.5 Å². The highest BCUT2D eigenvalue weighted by atomic mass is 32.2. The molecule has 11 nitrogen and oxygen atoms in total. The van der Waals surface area contributed by atoms with Gasteiger partial charge in [0.1, 0.15) is 0 Å². The van der Waals surface area contributed by atoms with Gasteiger partial charge in [0, 0.05) is 31.8 Å². The minimum absolute atomic E-state index is 0.00812. The zero-order valence-corrected chi connectivity index (χ0v) is 16.7. The molecule has 0 unspecified atom stereocenters. The molecule has 12 heteroatoms. The fourth-order valence-corrected chi connectivity index (χ4v) is 3.31. The van der Waals surface area contributed by atoms with Gasteiger partial charge < -0.3 is 9.15 Å². The van der Waals surface area contributed by atoms with Crippen molar-refractivity contribution in [3.05, 3.63) is 70.1 Å². The van der Waals surface area contributed by atoms with E-state index in [1.165, 1.54) is 62.6 Å². The summed E-state index contributed by atoms with van der Waals surface area (Å²) >= 11 is 0. The lowest BCUT2D eigenvalue weighted by Gasteiger charge is -2.11. The quantitative estimate of drug-likeness (QED) is 0.311. The Kier molecular flexibility index (Phi) is 5.89. The Balaban J connectivity index is 1.68. The molecule has 0 saturated heterocycles. The number of hydrogen-bond acceptors (Lipinski definition) is 9. The van der Waals surface area contributed by atoms with Crippen LogP contribution in [-0.2, 0) is 21.4 Å². The molecule has 156 valence electrons. The number of rotatable bonds is 7. The molecule has 0 amide bonds. The van der Waals surface area contributed by atoms with Crippen molar-refractivity contribution in [2.75, 3.05) is 14.1 Å². The zero-order valence-electron chi connectivity index (χ0n) is 15.9. The van der Waals surface area contributed by atoms with Crippen molar-refractivity contribution in [2.45, 2.75) is 11.5 Å². The van der Waals surface area contributed by atoms with Crippen LogP contribution in [0.3, 0.4) is 0 Å². The van der Waals surface area contributed by atoms with Crippen molar-refractivity contribution in [3.8, 4) is 11.5 Å². The van der Waals surface area contributed by atoms with Crippen molar-refractivity contribution >= 4 is 21.7 Å². The monoisotopic (exact) mass is 432 g/mol. The average Bonchev–Trinajstić information content (AvgIpc) is 3.21. The first kappa shape index (κ1) is 21.1. The minimum Gasteiger partial charge on any atom is -0.452 e. The lowest BCUT2D eigenvalue weighted by molar-refractivity contribution is -0.384. The average molecular weight is 432 g/mol. The molecule has 0 aliphatic heterocycles. The van der Waals surface area contributed by atoms with Gasteiger partial charge >= 0.3 is 5.97 Å². The highest BCUT2D eigenvalue weighted by molar-refractivity contribution is 7.89. The standard InChI is InChI=1S/C18H16N4O7S/c1-21(2)30(26,27)15-5-3-4-13(10-15)18(23)28-11-16-19-20-17(29-16)12-6-8-14(9-7-12)22(24)25/h3-10H,11H2,1-2H3. The van der Waals surface area contributed by atoms with E-state index >= 15 is 0 Å². The van der Waals surface area contributed by atoms with Crippen molar-refractivity contribution < 1.29 is 27.3 Å². The van der Waals surface area contributed by atoms with Gasteiger partial charge in [0.15, 0.2) is 6.61 Å². The van der Waals surface area contributed by atoms with Crippen molar-refractivity contribution in [2.24, 2.45) is 0 Å². The molecule has 2 aromatic carbocycles. The minimum atomic E-state index is -3.69. The molecule has 0 aliphatic rings. The van der Waals surface area contributed by atoms with Gasteiger partial charge in [-0.3, -0.25) is 10.1 Å². The number of nitro groups is 1. The Labute approximate surface area is 171 Å². The van der Waals surface area contributed by atoms with E-state index in [0.29, 0.717) is 5.56 Å². The van der Waals surface area contributed by atoms with E-state index in [1.54, 1.807) is 0 Å². The van der Waals surface area contributed by atoms with E-state index < -0.39 is 20.9 Å². The third-order valence-corrected chi connectivity index (χ3v) is 5.78. The smallest absolute Gasteiger partial charge is 0.338 e. The molecule has 0 N–H and O–H groups in total. The highest BCUT2D eigenvalue weighted by Gasteiger charge is 2.20. The van der Waals surface area contributed by atoms with Crippen LogP contribution >= 0.6 is 0 Å². The summed E-state index contributed by atoms with van der Waals surface area (Å²) in [6.45, 7) is -0.330. The second-order valence-electron chi connectivity index (χ2n) is 6.20. The Morgan fingerprint density at radius 2 is 1.87 bits per heavy atom. The number of non-ortho nitro benzene ring substituents is 1. The maximum atomic E-state index is 12.3. The van der Waals surface area contributed by atoms with Crippen molar-refractivity contribution in [1.82, 2.24) is 14.5 Å². The zero-order chi connectivity index (χ0) is 21.9. The predicted molar refractivity (Wildman–Crippen MR) is 103 cm³/mol. The number of benzene rings is 2. The Morgan fingerprint density at radius 1 is 1.17 bits per heavy atom. The summed E-state index contributed by atoms with van der Waals surface area (Å²) in [5, 5.41) is 18.3. The lowest BCUT2D eigenvalue weighted by atomic mass is 10.2. The van der Waals surface area contributed by atoms with Crippen LogP contribution in [0, 0.1) is 10.1 Å². The number of ether oxygens (including phenoxy) is 1. The molecule has 1 aromatic heterocycles. The second-order valence-corrected chi connectivity index (χ2v) is 8.35. The Morgan fingerprint density at radius 3 is 2.50 bits per heavy atom. The summed E-state index contributed by atoms with van der Waals surface area (Å²) in [6, 6.07) is 11.0. The summed E-state index contributed by atoms with van der Waals surface area (Å²) in [7, 11) is -0.919. The number of esters is 1. The molecule has 0 saturated carbocycles. The van der Waals surface area contributed by atoms with E-state index in [9.17, 15) is 23.3 Å². The third kappa shape index (κ3) is 4.50. The molecule has 3 aromatic rings. The first-order valence-electron chi connectivity index (χ1n) is 8.45. The van der Waals surface area contributed by atoms with Crippen LogP contribution in [-0.4, -0.2) is 47.9 Å². The van der Waals surface area contributed by atoms with Crippen LogP contribution in [0.4, 0.5) is 5.69 Å². The van der Waals surface area contributed by atoms with E-state index in [2.05, 4.69) is 10.2 Å². The maximum Gasteiger partial charge on any atom is 0.338 e. The van der Waals surface area contributed by atoms with E-state index in [-0.39, 0.29) is 34.5 Å². The third-order valence-electron chi connectivity index (χ3n) is 3.97. The fourth-order valence-electron chi connectivity index (χ4n) is 2.36. The SMILES string of the molecule is CN(C)S(=O)(=O)c1cccc(C(=O)OCc2nnc(-c3ccc([N+](=O)[O-])cc3)o2)c1. The van der Waals surface area contributed by atoms with Gasteiger partial charge in [-0.2, -0.15) is 0 Å². The molecule has 0 aliphatic carbocycles. The highest BCUT2D eigenvalue weighted by Crippen LogP contribution is 2.22. The Hall–Kier alpha value is -3.64. The van der Waals surface area contributed by atoms with Gasteiger partial charge in [-0.15, -0.1) is 10.2 Å². The molecule has 30 heavy (non-hydrogen) atoms. The van der Waals surface area contributed by atoms with Gasteiger partial charge in [-0.25, -0.2) is 17.5 Å². The largest absolute Gasteiger partial charge is 0.452 e. The van der Waals surface area contributed by atoms with Gasteiger partial charge in [-0.05, 0) is 30.3 Å². The summed E-state index contributed by atoms with van der Waals surface area (Å²) in [5.74, 6) is -0.648. The predicted octanol–water partition coefficient (Wildman–Crippen LogP) is 2.25. The molecule has 0 spiro atoms. The number of sulfonamides is 1. The van der Waals surface area contributed by atoms with Crippen LogP contribution < -0.4 is 0 Å². The number of nitrogens with zero attached hydrogens (tertiary/aromatic N) is 4. The van der Waals surface area contributed by atoms with E-state index in [1.807, 2.05) is 0 Å². The molecule has 1 heterocycles. The molecular formula is C18H16N4O7S. The summed E-state index contributed by atoms with van der Waals surface area (Å²) in [6.07, 6.45) is 0. The molecule has 3 rings (SSSR count). The van der Waals surface area contributed by atoms with Gasteiger partial charge in [-0.1, -0.05) is 6.07 Å². The Bertz CT molecular complexity index is 1190. The molecule has 0 bridgehead atoms. The van der Waals surface area contributed by atoms with Crippen LogP contribution in [0.2, 0.25) is 0 Å². The summed E-state index contributed by atoms with van der Waals surface area (Å²) in [4.78, 5) is 22.4. The lowest BCUT2D eigenvalue weighted by Crippen LogP contribution is -2.22. The summed E-state index contributed by atoms with van der Waals surface area (Å²) < 4.78 is 35.9. The second kappa shape index (κ2) is 8.39. The van der Waals surface area contributed by atoms with Crippen molar-refractivity contribution in [1.29, 1.82) is 0 Å². The maximum absolute atomic E-state index is 12.3. The van der Waals surface area contributed by atoms with Gasteiger partial charge in [0.2, 0.25) is 15.9 Å². The van der Waals surface area contributed by atoms with E-state index in [0.717, 1.165) is 4.31 Å². The van der Waals surface area contributed by atoms with Crippen LogP contribution in [0.5, 0.6) is 0 Å². The van der Waals surface area contributed by atoms with Gasteiger partial charge in [0.25, 0.3) is 11.6 Å². The van der Waals surface area contributed by atoms with Crippen LogP contribution in [0.1, 0.15) is 16.2 Å². The van der Waals surface area contributed by atoms with Crippen LogP contribution in [0.15, 0.2) is 57.8 Å². The topological polar surface area (TPSA) is 146 Å². The molecule has 0 atom stereocenters. The number of aromatic nitrogens is 2. The van der Waals surface area contributed by atoms with Crippen molar-refractivity contribution in [3.63, 3.8) is 0 Å². The van der Waals surface area contributed by atoms with Gasteiger partial charge in [0.05, 0.1) is 15.4 Å². The fraction of sp³-hybridized carbons (Fsp3) is 0.167. The molecule has 0 radical (unpaired) electrons. The number of nitro benzene ring substituents is 1. The summed E-state index contributed by atoms with van der Waals surface area (Å²) in [5.41, 5.74) is 0.436. The molecular weight excluding hydrogens is 416 g/mol. The number of hydrogen-bond donors (Lipinski definition) is 0. The molecule has 0 fully saturated rings. The van der Waals surface area contributed by atoms with E-state index in [4.69, 9.17) is 9.15 Å². The first-order chi connectivity index (χ1) is 14.2. The number of carbonyl (C=O) groups is 1.